The second kappa shape index (κ2) is 17.9. The largest absolute Gasteiger partial charge is 0.394 e. The van der Waals surface area contributed by atoms with Gasteiger partial charge in [-0.1, -0.05) is 90.4 Å². The minimum atomic E-state index is -1.61. The van der Waals surface area contributed by atoms with E-state index < -0.39 is 30.7 Å². The van der Waals surface area contributed by atoms with Gasteiger partial charge >= 0.3 is 0 Å². The van der Waals surface area contributed by atoms with Gasteiger partial charge < -0.3 is 20.4 Å². The number of aliphatic hydroxyl groups excluding tert-OH is 4. The molecule has 0 saturated carbocycles. The molecule has 0 fully saturated rings. The Morgan fingerprint density at radius 2 is 1.08 bits per heavy atom. The average molecular weight is 375 g/mol. The number of carbonyl (C=O) groups excluding carboxylic acids is 1. The molecule has 3 unspecified atom stereocenters. The Bertz CT molecular complexity index is 322. The number of aliphatic hydroxyl groups is 4. The highest BCUT2D eigenvalue weighted by atomic mass is 16.4. The lowest BCUT2D eigenvalue weighted by molar-refractivity contribution is -0.140. The maximum Gasteiger partial charge on any atom is 0.164 e. The standard InChI is InChI=1S/C21H42O5/c1-2-3-4-5-6-7-8-9-10-11-12-13-14-15-16-18(23)20(25)21(26)19(24)17-22/h19-22,24-26H,2-17H2,1H3. The van der Waals surface area contributed by atoms with Crippen LogP contribution in [-0.2, 0) is 4.79 Å². The number of carbonyl (C=O) groups is 1. The van der Waals surface area contributed by atoms with E-state index >= 15 is 0 Å². The quantitative estimate of drug-likeness (QED) is 0.259. The van der Waals surface area contributed by atoms with Gasteiger partial charge in [-0.15, -0.1) is 0 Å². The first-order valence-electron chi connectivity index (χ1n) is 10.7. The van der Waals surface area contributed by atoms with Gasteiger partial charge in [-0.25, -0.2) is 0 Å². The summed E-state index contributed by atoms with van der Waals surface area (Å²) in [5.41, 5.74) is 0. The van der Waals surface area contributed by atoms with E-state index in [0.29, 0.717) is 6.42 Å². The second-order valence-electron chi connectivity index (χ2n) is 7.50. The average Bonchev–Trinajstić information content (AvgIpc) is 2.66. The van der Waals surface area contributed by atoms with E-state index in [2.05, 4.69) is 6.92 Å². The fourth-order valence-corrected chi connectivity index (χ4v) is 3.15. The van der Waals surface area contributed by atoms with Gasteiger partial charge in [0.2, 0.25) is 0 Å². The van der Waals surface area contributed by atoms with Crippen molar-refractivity contribution in [3.8, 4) is 0 Å². The molecule has 4 N–H and O–H groups in total. The normalized spacial score (nSPS) is 15.0. The van der Waals surface area contributed by atoms with Crippen molar-refractivity contribution in [3.05, 3.63) is 0 Å². The lowest BCUT2D eigenvalue weighted by Gasteiger charge is -2.20. The van der Waals surface area contributed by atoms with Crippen LogP contribution in [0.25, 0.3) is 0 Å². The van der Waals surface area contributed by atoms with E-state index in [1.54, 1.807) is 0 Å². The van der Waals surface area contributed by atoms with Crippen LogP contribution in [0.1, 0.15) is 103 Å². The number of Topliss-reactive ketones (excluding diaryl/α,β-unsaturated/α-hetero) is 1. The molecule has 0 amide bonds. The topological polar surface area (TPSA) is 98.0 Å². The van der Waals surface area contributed by atoms with Gasteiger partial charge in [0.25, 0.3) is 0 Å². The summed E-state index contributed by atoms with van der Waals surface area (Å²) in [4.78, 5) is 11.7. The van der Waals surface area contributed by atoms with Crippen molar-refractivity contribution in [1.82, 2.24) is 0 Å². The van der Waals surface area contributed by atoms with E-state index in [-0.39, 0.29) is 6.42 Å². The third kappa shape index (κ3) is 13.7. The number of unbranched alkanes of at least 4 members (excludes halogenated alkanes) is 13. The highest BCUT2D eigenvalue weighted by Gasteiger charge is 2.29. The van der Waals surface area contributed by atoms with Gasteiger partial charge in [0.15, 0.2) is 5.78 Å². The number of rotatable bonds is 19. The van der Waals surface area contributed by atoms with E-state index in [0.717, 1.165) is 12.8 Å². The van der Waals surface area contributed by atoms with Gasteiger partial charge in [-0.2, -0.15) is 0 Å². The Kier molecular flexibility index (Phi) is 17.6. The van der Waals surface area contributed by atoms with Gasteiger partial charge in [0.1, 0.15) is 18.3 Å². The molecule has 156 valence electrons. The fourth-order valence-electron chi connectivity index (χ4n) is 3.15. The first kappa shape index (κ1) is 25.5. The third-order valence-corrected chi connectivity index (χ3v) is 5.01. The zero-order valence-electron chi connectivity index (χ0n) is 16.7. The maximum atomic E-state index is 11.7. The molecule has 0 aliphatic heterocycles. The predicted octanol–water partition coefficient (Wildman–Crippen LogP) is 3.50. The Hall–Kier alpha value is -0.490. The second-order valence-corrected chi connectivity index (χ2v) is 7.50. The smallest absolute Gasteiger partial charge is 0.164 e. The highest BCUT2D eigenvalue weighted by molar-refractivity contribution is 5.83. The third-order valence-electron chi connectivity index (χ3n) is 5.01. The molecule has 0 aromatic rings. The SMILES string of the molecule is CCCCCCCCCCCCCCCCC(=O)C(O)C(O)C(O)CO. The Balaban J connectivity index is 3.39. The summed E-state index contributed by atoms with van der Waals surface area (Å²) < 4.78 is 0. The maximum absolute atomic E-state index is 11.7. The minimum absolute atomic E-state index is 0.203. The van der Waals surface area contributed by atoms with Crippen LogP contribution in [0.15, 0.2) is 0 Å². The summed E-state index contributed by atoms with van der Waals surface area (Å²) in [5.74, 6) is -0.469. The van der Waals surface area contributed by atoms with Crippen LogP contribution in [0.5, 0.6) is 0 Å². The Morgan fingerprint density at radius 3 is 1.46 bits per heavy atom. The van der Waals surface area contributed by atoms with Crippen LogP contribution in [0, 0.1) is 0 Å². The molecular formula is C21H42O5. The molecule has 3 atom stereocenters. The molecule has 0 saturated heterocycles. The minimum Gasteiger partial charge on any atom is -0.394 e. The predicted molar refractivity (Wildman–Crippen MR) is 105 cm³/mol. The number of hydrogen-bond donors (Lipinski definition) is 4. The van der Waals surface area contributed by atoms with Gasteiger partial charge in [0, 0.05) is 6.42 Å². The molecule has 0 radical (unpaired) electrons. The molecule has 0 bridgehead atoms. The van der Waals surface area contributed by atoms with Gasteiger partial charge in [-0.05, 0) is 6.42 Å². The van der Waals surface area contributed by atoms with E-state index in [9.17, 15) is 20.1 Å². The fraction of sp³-hybridized carbons (Fsp3) is 0.952. The molecule has 0 aromatic carbocycles. The monoisotopic (exact) mass is 374 g/mol. The van der Waals surface area contributed by atoms with Crippen LogP contribution >= 0.6 is 0 Å². The summed E-state index contributed by atoms with van der Waals surface area (Å²) in [5, 5.41) is 37.1. The molecule has 0 rings (SSSR count). The molecule has 26 heavy (non-hydrogen) atoms. The van der Waals surface area contributed by atoms with E-state index in [1.165, 1.54) is 70.6 Å². The Labute approximate surface area is 159 Å². The van der Waals surface area contributed by atoms with Crippen molar-refractivity contribution in [2.75, 3.05) is 6.61 Å². The first-order chi connectivity index (χ1) is 12.5. The summed E-state index contributed by atoms with van der Waals surface area (Å²) in [7, 11) is 0. The van der Waals surface area contributed by atoms with Gasteiger partial charge in [0.05, 0.1) is 6.61 Å². The van der Waals surface area contributed by atoms with Crippen molar-refractivity contribution < 1.29 is 25.2 Å². The molecule has 0 aliphatic rings. The van der Waals surface area contributed by atoms with Crippen LogP contribution in [0.3, 0.4) is 0 Å². The van der Waals surface area contributed by atoms with Crippen LogP contribution in [0.4, 0.5) is 0 Å². The van der Waals surface area contributed by atoms with Crippen molar-refractivity contribution in [2.45, 2.75) is 122 Å². The van der Waals surface area contributed by atoms with E-state index in [4.69, 9.17) is 5.11 Å². The molecular weight excluding hydrogens is 332 g/mol. The summed E-state index contributed by atoms with van der Waals surface area (Å²) in [6, 6.07) is 0. The Morgan fingerprint density at radius 1 is 0.692 bits per heavy atom. The van der Waals surface area contributed by atoms with Crippen molar-refractivity contribution in [1.29, 1.82) is 0 Å². The summed E-state index contributed by atoms with van der Waals surface area (Å²) >= 11 is 0. The van der Waals surface area contributed by atoms with Crippen molar-refractivity contribution >= 4 is 5.78 Å². The molecule has 0 heterocycles. The summed E-state index contributed by atoms with van der Waals surface area (Å²) in [6.07, 6.45) is 12.8. The van der Waals surface area contributed by atoms with Crippen LogP contribution in [-0.4, -0.2) is 51.1 Å². The van der Waals surface area contributed by atoms with Crippen LogP contribution in [0.2, 0.25) is 0 Å². The number of hydrogen-bond acceptors (Lipinski definition) is 5. The summed E-state index contributed by atoms with van der Waals surface area (Å²) in [6.45, 7) is 1.57. The molecule has 0 aliphatic carbocycles. The zero-order chi connectivity index (χ0) is 19.6. The molecule has 5 nitrogen and oxygen atoms in total. The van der Waals surface area contributed by atoms with Crippen LogP contribution < -0.4 is 0 Å². The molecule has 5 heteroatoms. The van der Waals surface area contributed by atoms with E-state index in [1.807, 2.05) is 0 Å². The van der Waals surface area contributed by atoms with Crippen molar-refractivity contribution in [3.63, 3.8) is 0 Å². The van der Waals surface area contributed by atoms with Crippen molar-refractivity contribution in [2.24, 2.45) is 0 Å². The zero-order valence-corrected chi connectivity index (χ0v) is 16.7. The highest BCUT2D eigenvalue weighted by Crippen LogP contribution is 2.14. The lowest BCUT2D eigenvalue weighted by atomic mass is 9.99. The number of ketones is 1. The molecule has 0 spiro atoms. The first-order valence-corrected chi connectivity index (χ1v) is 10.7. The van der Waals surface area contributed by atoms with Gasteiger partial charge in [-0.3, -0.25) is 4.79 Å². The lowest BCUT2D eigenvalue weighted by Crippen LogP contribution is -2.43. The molecule has 0 aromatic heterocycles.